The van der Waals surface area contributed by atoms with E-state index in [1.165, 1.54) is 4.68 Å². The third-order valence-electron chi connectivity index (χ3n) is 3.73. The van der Waals surface area contributed by atoms with E-state index in [2.05, 4.69) is 10.1 Å². The van der Waals surface area contributed by atoms with Crippen LogP contribution in [0.2, 0.25) is 0 Å². The molecule has 0 fully saturated rings. The monoisotopic (exact) mass is 291 g/mol. The second-order valence-electron chi connectivity index (χ2n) is 5.01. The second kappa shape index (κ2) is 4.73. The van der Waals surface area contributed by atoms with Gasteiger partial charge in [0.2, 0.25) is 0 Å². The number of nitrogens with zero attached hydrogens (tertiary/aromatic N) is 2. The van der Waals surface area contributed by atoms with Crippen molar-refractivity contribution in [3.8, 4) is 22.7 Å². The Balaban J connectivity index is 2.03. The highest BCUT2D eigenvalue weighted by atomic mass is 16.5. The predicted molar refractivity (Wildman–Crippen MR) is 84.9 cm³/mol. The first-order valence-corrected chi connectivity index (χ1v) is 6.91. The summed E-state index contributed by atoms with van der Waals surface area (Å²) in [6, 6.07) is 15.1. The van der Waals surface area contributed by atoms with Gasteiger partial charge in [0, 0.05) is 17.6 Å². The molecule has 2 aliphatic heterocycles. The van der Waals surface area contributed by atoms with Gasteiger partial charge < -0.3 is 9.72 Å². The van der Waals surface area contributed by atoms with Crippen LogP contribution in [0.4, 0.5) is 0 Å². The molecule has 5 nitrogen and oxygen atoms in total. The highest BCUT2D eigenvalue weighted by Gasteiger charge is 2.18. The van der Waals surface area contributed by atoms with Crippen molar-refractivity contribution in [1.29, 1.82) is 0 Å². The van der Waals surface area contributed by atoms with Gasteiger partial charge in [0.25, 0.3) is 5.56 Å². The molecule has 0 spiro atoms. The number of hydrogen-bond acceptors (Lipinski definition) is 3. The lowest BCUT2D eigenvalue weighted by Crippen LogP contribution is -2.14. The molecule has 5 heteroatoms. The van der Waals surface area contributed by atoms with Crippen molar-refractivity contribution in [2.45, 2.75) is 0 Å². The summed E-state index contributed by atoms with van der Waals surface area (Å²) in [5.74, 6) is 0.757. The number of nitrogens with one attached hydrogen (secondary N) is 1. The highest BCUT2D eigenvalue weighted by Crippen LogP contribution is 2.28. The summed E-state index contributed by atoms with van der Waals surface area (Å²) in [5.41, 5.74) is 2.76. The maximum absolute atomic E-state index is 12.6. The van der Waals surface area contributed by atoms with Crippen LogP contribution in [0.1, 0.15) is 0 Å². The van der Waals surface area contributed by atoms with Crippen LogP contribution >= 0.6 is 0 Å². The fraction of sp³-hybridized carbons (Fsp3) is 0.0588. The van der Waals surface area contributed by atoms with Crippen LogP contribution in [-0.2, 0) is 0 Å². The van der Waals surface area contributed by atoms with E-state index in [0.717, 1.165) is 22.3 Å². The van der Waals surface area contributed by atoms with Crippen molar-refractivity contribution in [3.63, 3.8) is 0 Å². The number of H-pyrrole nitrogens is 1. The lowest BCUT2D eigenvalue weighted by Gasteiger charge is -2.05. The zero-order valence-corrected chi connectivity index (χ0v) is 11.9. The number of pyridine rings is 1. The molecule has 1 N–H and O–H groups in total. The van der Waals surface area contributed by atoms with Crippen molar-refractivity contribution < 1.29 is 4.74 Å². The van der Waals surface area contributed by atoms with Gasteiger partial charge in [-0.2, -0.15) is 9.78 Å². The molecule has 2 aromatic carbocycles. The highest BCUT2D eigenvalue weighted by molar-refractivity contribution is 5.93. The average Bonchev–Trinajstić information content (AvgIpc) is 2.92. The third kappa shape index (κ3) is 1.79. The van der Waals surface area contributed by atoms with Crippen LogP contribution in [0.25, 0.3) is 27.8 Å². The fourth-order valence-electron chi connectivity index (χ4n) is 2.61. The van der Waals surface area contributed by atoms with Crippen molar-refractivity contribution >= 4 is 10.9 Å². The largest absolute Gasteiger partial charge is 0.497 e. The number of ether oxygens (including phenoxy) is 1. The zero-order valence-electron chi connectivity index (χ0n) is 11.9. The van der Waals surface area contributed by atoms with Crippen molar-refractivity contribution in [1.82, 2.24) is 14.8 Å². The SMILES string of the molecule is COc1ccc2c3nn(-c4ccccc4)c(=O)c-3c[nH]c2c1. The molecular formula is C17H13N3O2. The van der Waals surface area contributed by atoms with E-state index in [1.54, 1.807) is 13.3 Å². The molecule has 0 amide bonds. The maximum atomic E-state index is 12.6. The topological polar surface area (TPSA) is 59.9 Å². The molecule has 4 rings (SSSR count). The Kier molecular flexibility index (Phi) is 2.72. The number of fused-ring (bicyclic) bond motifs is 3. The van der Waals surface area contributed by atoms with Gasteiger partial charge in [-0.15, -0.1) is 0 Å². The normalized spacial score (nSPS) is 11.1. The minimum absolute atomic E-state index is 0.129. The molecular weight excluding hydrogens is 278 g/mol. The smallest absolute Gasteiger partial charge is 0.282 e. The first kappa shape index (κ1) is 12.6. The molecule has 0 atom stereocenters. The molecule has 0 unspecified atom stereocenters. The molecule has 0 saturated heterocycles. The van der Waals surface area contributed by atoms with Gasteiger partial charge in [0.15, 0.2) is 0 Å². The quantitative estimate of drug-likeness (QED) is 0.618. The maximum Gasteiger partial charge on any atom is 0.282 e. The van der Waals surface area contributed by atoms with Gasteiger partial charge in [-0.3, -0.25) is 4.79 Å². The molecule has 0 aliphatic carbocycles. The Bertz CT molecular complexity index is 986. The van der Waals surface area contributed by atoms with E-state index in [0.29, 0.717) is 11.3 Å². The average molecular weight is 291 g/mol. The second-order valence-corrected chi connectivity index (χ2v) is 5.01. The van der Waals surface area contributed by atoms with Gasteiger partial charge in [-0.05, 0) is 24.3 Å². The van der Waals surface area contributed by atoms with Crippen LogP contribution in [-0.4, -0.2) is 21.9 Å². The van der Waals surface area contributed by atoms with Crippen LogP contribution in [0.5, 0.6) is 5.75 Å². The Morgan fingerprint density at radius 3 is 2.73 bits per heavy atom. The number of methoxy groups -OCH3 is 1. The Labute approximate surface area is 126 Å². The van der Waals surface area contributed by atoms with Gasteiger partial charge >= 0.3 is 0 Å². The summed E-state index contributed by atoms with van der Waals surface area (Å²) < 4.78 is 6.66. The number of benzene rings is 2. The third-order valence-corrected chi connectivity index (χ3v) is 3.73. The number of hydrogen-bond donors (Lipinski definition) is 1. The van der Waals surface area contributed by atoms with Gasteiger partial charge in [-0.1, -0.05) is 18.2 Å². The first-order chi connectivity index (χ1) is 10.8. The van der Waals surface area contributed by atoms with Crippen molar-refractivity contribution in [3.05, 3.63) is 65.1 Å². The zero-order chi connectivity index (χ0) is 15.1. The number of rotatable bonds is 2. The van der Waals surface area contributed by atoms with Crippen molar-refractivity contribution in [2.75, 3.05) is 7.11 Å². The summed E-state index contributed by atoms with van der Waals surface area (Å²) >= 11 is 0. The predicted octanol–water partition coefficient (Wildman–Crippen LogP) is 2.83. The van der Waals surface area contributed by atoms with E-state index >= 15 is 0 Å². The first-order valence-electron chi connectivity index (χ1n) is 6.91. The molecule has 2 aliphatic rings. The lowest BCUT2D eigenvalue weighted by atomic mass is 10.1. The molecule has 108 valence electrons. The molecule has 0 radical (unpaired) electrons. The van der Waals surface area contributed by atoms with Gasteiger partial charge in [-0.25, -0.2) is 0 Å². The Hall–Kier alpha value is -3.08. The number of para-hydroxylation sites is 1. The van der Waals surface area contributed by atoms with Crippen LogP contribution in [0.3, 0.4) is 0 Å². The van der Waals surface area contributed by atoms with E-state index in [-0.39, 0.29) is 5.56 Å². The van der Waals surface area contributed by atoms with Gasteiger partial charge in [0.05, 0.1) is 23.9 Å². The molecule has 2 heterocycles. The minimum atomic E-state index is -0.129. The molecule has 0 saturated carbocycles. The molecule has 0 bridgehead atoms. The summed E-state index contributed by atoms with van der Waals surface area (Å²) in [6.07, 6.45) is 1.70. The van der Waals surface area contributed by atoms with Gasteiger partial charge in [0.1, 0.15) is 11.4 Å². The fourth-order valence-corrected chi connectivity index (χ4v) is 2.61. The molecule has 2 aromatic rings. The summed E-state index contributed by atoms with van der Waals surface area (Å²) in [7, 11) is 1.62. The van der Waals surface area contributed by atoms with Crippen LogP contribution in [0.15, 0.2) is 59.5 Å². The van der Waals surface area contributed by atoms with E-state index in [4.69, 9.17) is 4.74 Å². The summed E-state index contributed by atoms with van der Waals surface area (Å²) in [4.78, 5) is 15.7. The van der Waals surface area contributed by atoms with Crippen LogP contribution < -0.4 is 10.3 Å². The van der Waals surface area contributed by atoms with Crippen LogP contribution in [0, 0.1) is 0 Å². The Morgan fingerprint density at radius 2 is 1.95 bits per heavy atom. The van der Waals surface area contributed by atoms with E-state index < -0.39 is 0 Å². The standard InChI is InChI=1S/C17H13N3O2/c1-22-12-7-8-13-15(9-12)18-10-14-16(13)19-20(17(14)21)11-5-3-2-4-6-11/h2-10,18H,1H3. The number of aromatic amines is 1. The van der Waals surface area contributed by atoms with E-state index in [9.17, 15) is 4.79 Å². The van der Waals surface area contributed by atoms with E-state index in [1.807, 2.05) is 48.5 Å². The summed E-state index contributed by atoms with van der Waals surface area (Å²) in [5, 5.41) is 5.40. The number of aromatic nitrogens is 3. The Morgan fingerprint density at radius 1 is 1.14 bits per heavy atom. The molecule has 22 heavy (non-hydrogen) atoms. The van der Waals surface area contributed by atoms with Crippen molar-refractivity contribution in [2.24, 2.45) is 0 Å². The summed E-state index contributed by atoms with van der Waals surface area (Å²) in [6.45, 7) is 0. The molecule has 0 aromatic heterocycles. The minimum Gasteiger partial charge on any atom is -0.497 e. The lowest BCUT2D eigenvalue weighted by molar-refractivity contribution is 0.415.